The van der Waals surface area contributed by atoms with Gasteiger partial charge in [-0.3, -0.25) is 9.59 Å². The Morgan fingerprint density at radius 1 is 0.775 bits per heavy atom. The van der Waals surface area contributed by atoms with Gasteiger partial charge in [0.15, 0.2) is 0 Å². The highest BCUT2D eigenvalue weighted by molar-refractivity contribution is 9.10. The van der Waals surface area contributed by atoms with Crippen LogP contribution >= 0.6 is 15.9 Å². The number of ether oxygens (including phenoxy) is 1. The van der Waals surface area contributed by atoms with E-state index in [1.807, 2.05) is 24.3 Å². The fraction of sp³-hybridized carbons (Fsp3) is 0.529. The molecule has 0 aliphatic carbocycles. The fourth-order valence-electron chi connectivity index (χ4n) is 5.48. The molecular weight excluding hydrogens is 566 g/mol. The number of hydrogen-bond acceptors (Lipinski definition) is 4. The molecule has 6 heteroatoms. The van der Waals surface area contributed by atoms with E-state index in [4.69, 9.17) is 4.74 Å². The third-order valence-electron chi connectivity index (χ3n) is 7.84. The van der Waals surface area contributed by atoms with Crippen LogP contribution < -0.4 is 4.74 Å². The maximum atomic E-state index is 13.2. The molecule has 0 aromatic heterocycles. The second-order valence-corrected chi connectivity index (χ2v) is 11.8. The van der Waals surface area contributed by atoms with Crippen LogP contribution in [0.4, 0.5) is 0 Å². The van der Waals surface area contributed by atoms with Gasteiger partial charge in [-0.2, -0.15) is 0 Å². The van der Waals surface area contributed by atoms with Crippen LogP contribution in [0.2, 0.25) is 0 Å². The van der Waals surface area contributed by atoms with Crippen molar-refractivity contribution in [1.82, 2.24) is 4.90 Å². The highest BCUT2D eigenvalue weighted by atomic mass is 79.9. The molecule has 40 heavy (non-hydrogen) atoms. The molecule has 2 aromatic carbocycles. The van der Waals surface area contributed by atoms with Crippen molar-refractivity contribution in [2.75, 3.05) is 13.7 Å². The van der Waals surface area contributed by atoms with E-state index in [0.29, 0.717) is 17.9 Å². The topological polar surface area (TPSA) is 66.8 Å². The number of ketones is 1. The summed E-state index contributed by atoms with van der Waals surface area (Å²) < 4.78 is 6.13. The first-order chi connectivity index (χ1) is 19.5. The van der Waals surface area contributed by atoms with Gasteiger partial charge in [0, 0.05) is 16.6 Å². The van der Waals surface area contributed by atoms with Gasteiger partial charge in [0.2, 0.25) is 0 Å². The van der Waals surface area contributed by atoms with Crippen LogP contribution in [0.5, 0.6) is 5.75 Å². The zero-order valence-corrected chi connectivity index (χ0v) is 25.9. The summed E-state index contributed by atoms with van der Waals surface area (Å²) in [6, 6.07) is 13.9. The average Bonchev–Trinajstić information content (AvgIpc) is 3.22. The Labute approximate surface area is 249 Å². The van der Waals surface area contributed by atoms with Gasteiger partial charge in [-0.05, 0) is 48.4 Å². The maximum absolute atomic E-state index is 13.2. The van der Waals surface area contributed by atoms with Gasteiger partial charge in [0.05, 0.1) is 18.7 Å². The molecule has 0 bridgehead atoms. The number of rotatable bonds is 18. The lowest BCUT2D eigenvalue weighted by molar-refractivity contribution is -0.139. The van der Waals surface area contributed by atoms with Crippen LogP contribution in [0, 0.1) is 0 Å². The van der Waals surface area contributed by atoms with Crippen molar-refractivity contribution in [3.05, 3.63) is 69.7 Å². The van der Waals surface area contributed by atoms with Crippen molar-refractivity contribution in [1.29, 1.82) is 0 Å². The number of Topliss-reactive ketones (excluding diaryl/α,β-unsaturated/α-hetero) is 1. The first kappa shape index (κ1) is 31.9. The molecule has 1 amide bonds. The summed E-state index contributed by atoms with van der Waals surface area (Å²) >= 11 is 3.47. The van der Waals surface area contributed by atoms with Crippen molar-refractivity contribution in [2.24, 2.45) is 0 Å². The number of likely N-dealkylation sites (tertiary alicyclic amines) is 1. The lowest BCUT2D eigenvalue weighted by Gasteiger charge is -2.25. The summed E-state index contributed by atoms with van der Waals surface area (Å²) in [5, 5.41) is 11.2. The summed E-state index contributed by atoms with van der Waals surface area (Å²) in [7, 11) is 1.57. The first-order valence-corrected chi connectivity index (χ1v) is 16.0. The number of carbonyl (C=O) groups is 2. The molecule has 0 unspecified atom stereocenters. The Bertz CT molecular complexity index is 1090. The molecule has 2 aromatic rings. The van der Waals surface area contributed by atoms with E-state index in [9.17, 15) is 14.7 Å². The molecule has 1 N–H and O–H groups in total. The number of amides is 1. The molecule has 1 aliphatic heterocycles. The summed E-state index contributed by atoms with van der Waals surface area (Å²) in [5.74, 6) is -0.680. The predicted molar refractivity (Wildman–Crippen MR) is 166 cm³/mol. The van der Waals surface area contributed by atoms with Gasteiger partial charge in [-0.25, -0.2) is 0 Å². The number of aliphatic hydroxyl groups is 1. The number of benzene rings is 2. The van der Waals surface area contributed by atoms with Gasteiger partial charge >= 0.3 is 0 Å². The number of methoxy groups -OCH3 is 1. The minimum absolute atomic E-state index is 0.142. The molecule has 5 nitrogen and oxygen atoms in total. The van der Waals surface area contributed by atoms with Crippen LogP contribution in [-0.2, 0) is 9.59 Å². The average molecular weight is 613 g/mol. The second kappa shape index (κ2) is 17.3. The summed E-state index contributed by atoms with van der Waals surface area (Å²) in [6.07, 6.45) is 17.7. The molecule has 218 valence electrons. The minimum atomic E-state index is -0.633. The first-order valence-electron chi connectivity index (χ1n) is 15.2. The van der Waals surface area contributed by atoms with Crippen molar-refractivity contribution in [2.45, 2.75) is 103 Å². The smallest absolute Gasteiger partial charge is 0.295 e. The van der Waals surface area contributed by atoms with Crippen LogP contribution in [0.25, 0.3) is 5.76 Å². The van der Waals surface area contributed by atoms with Gasteiger partial charge in [0.1, 0.15) is 11.5 Å². The van der Waals surface area contributed by atoms with E-state index < -0.39 is 17.7 Å². The monoisotopic (exact) mass is 611 g/mol. The molecule has 3 rings (SSSR count). The lowest BCUT2D eigenvalue weighted by atomic mass is 9.95. The lowest BCUT2D eigenvalue weighted by Crippen LogP contribution is -2.30. The molecule has 1 heterocycles. The normalized spacial score (nSPS) is 16.6. The SMILES string of the molecule is CCCCCCCCCCCCCCCCN1C(=O)C(=O)/C(=C(/O)c2ccc(OC)cc2)[C@H]1c1ccc(Br)cc1. The third kappa shape index (κ3) is 9.22. The number of unbranched alkanes of at least 4 members (excludes halogenated alkanes) is 13. The van der Waals surface area contributed by atoms with E-state index in [0.717, 1.165) is 29.3 Å². The Hall–Kier alpha value is -2.60. The number of hydrogen-bond donors (Lipinski definition) is 1. The largest absolute Gasteiger partial charge is 0.507 e. The number of halogens is 1. The van der Waals surface area contributed by atoms with E-state index in [1.54, 1.807) is 36.3 Å². The molecule has 1 aliphatic rings. The molecule has 0 radical (unpaired) electrons. The van der Waals surface area contributed by atoms with E-state index in [2.05, 4.69) is 22.9 Å². The Kier molecular flexibility index (Phi) is 13.8. The highest BCUT2D eigenvalue weighted by Crippen LogP contribution is 2.40. The van der Waals surface area contributed by atoms with Crippen molar-refractivity contribution >= 4 is 33.4 Å². The summed E-state index contributed by atoms with van der Waals surface area (Å²) in [4.78, 5) is 28.0. The number of carbonyl (C=O) groups excluding carboxylic acids is 2. The zero-order chi connectivity index (χ0) is 28.7. The predicted octanol–water partition coefficient (Wildman–Crippen LogP) is 9.36. The van der Waals surface area contributed by atoms with Gasteiger partial charge < -0.3 is 14.7 Å². The van der Waals surface area contributed by atoms with E-state index in [1.165, 1.54) is 70.6 Å². The van der Waals surface area contributed by atoms with Crippen molar-refractivity contribution in [3.8, 4) is 5.75 Å². The molecule has 1 atom stereocenters. The molecule has 0 spiro atoms. The fourth-order valence-corrected chi connectivity index (χ4v) is 5.75. The van der Waals surface area contributed by atoms with Crippen molar-refractivity contribution < 1.29 is 19.4 Å². The molecule has 0 saturated carbocycles. The zero-order valence-electron chi connectivity index (χ0n) is 24.3. The standard InChI is InChI=1S/C34H46BrNO4/c1-3-4-5-6-7-8-9-10-11-12-13-14-15-16-25-36-31(26-17-21-28(35)22-18-26)30(33(38)34(36)39)32(37)27-19-23-29(40-2)24-20-27/h17-24,31,37H,3-16,25H2,1-2H3/b32-30+/t31-/m1/s1. The van der Waals surface area contributed by atoms with Crippen molar-refractivity contribution in [3.63, 3.8) is 0 Å². The summed E-state index contributed by atoms with van der Waals surface area (Å²) in [6.45, 7) is 2.75. The number of nitrogens with zero attached hydrogens (tertiary/aromatic N) is 1. The minimum Gasteiger partial charge on any atom is -0.507 e. The molecule has 1 fully saturated rings. The van der Waals surface area contributed by atoms with Crippen LogP contribution in [0.15, 0.2) is 58.6 Å². The van der Waals surface area contributed by atoms with Crippen LogP contribution in [-0.4, -0.2) is 35.4 Å². The Balaban J connectivity index is 1.54. The van der Waals surface area contributed by atoms with E-state index >= 15 is 0 Å². The molecular formula is C34H46BrNO4. The van der Waals surface area contributed by atoms with Gasteiger partial charge in [-0.1, -0.05) is 118 Å². The Morgan fingerprint density at radius 2 is 1.27 bits per heavy atom. The van der Waals surface area contributed by atoms with Crippen LogP contribution in [0.3, 0.4) is 0 Å². The quantitative estimate of drug-likeness (QED) is 0.0789. The third-order valence-corrected chi connectivity index (χ3v) is 8.37. The Morgan fingerprint density at radius 3 is 1.77 bits per heavy atom. The van der Waals surface area contributed by atoms with Gasteiger partial charge in [-0.15, -0.1) is 0 Å². The van der Waals surface area contributed by atoms with E-state index in [-0.39, 0.29) is 11.3 Å². The van der Waals surface area contributed by atoms with Gasteiger partial charge in [0.25, 0.3) is 11.7 Å². The number of aliphatic hydroxyl groups excluding tert-OH is 1. The molecule has 1 saturated heterocycles. The maximum Gasteiger partial charge on any atom is 0.295 e. The second-order valence-electron chi connectivity index (χ2n) is 10.9. The van der Waals surface area contributed by atoms with Crippen LogP contribution in [0.1, 0.15) is 114 Å². The highest BCUT2D eigenvalue weighted by Gasteiger charge is 2.45. The summed E-state index contributed by atoms with van der Waals surface area (Å²) in [5.41, 5.74) is 1.43.